The van der Waals surface area contributed by atoms with Crippen molar-refractivity contribution in [3.8, 4) is 0 Å². The van der Waals surface area contributed by atoms with Crippen molar-refractivity contribution in [3.05, 3.63) is 58.2 Å². The van der Waals surface area contributed by atoms with Gasteiger partial charge in [-0.25, -0.2) is 4.98 Å². The molecular weight excluding hydrogens is 310 g/mol. The number of hydrogen-bond acceptors (Lipinski definition) is 5. The Hall–Kier alpha value is -2.67. The van der Waals surface area contributed by atoms with Gasteiger partial charge < -0.3 is 14.6 Å². The van der Waals surface area contributed by atoms with Gasteiger partial charge in [-0.15, -0.1) is 0 Å². The van der Waals surface area contributed by atoms with Crippen LogP contribution in [0, 0.1) is 0 Å². The van der Waals surface area contributed by atoms with Crippen LogP contribution in [0.5, 0.6) is 0 Å². The molecule has 0 aliphatic carbocycles. The highest BCUT2D eigenvalue weighted by Gasteiger charge is 2.10. The van der Waals surface area contributed by atoms with Crippen LogP contribution in [0.3, 0.4) is 0 Å². The molecule has 0 radical (unpaired) electrons. The van der Waals surface area contributed by atoms with E-state index < -0.39 is 18.5 Å². The lowest BCUT2D eigenvalue weighted by Gasteiger charge is -2.08. The number of rotatable bonds is 5. The second-order valence-electron chi connectivity index (χ2n) is 4.22. The molecule has 0 saturated heterocycles. The molecule has 0 bridgehead atoms. The molecule has 8 heteroatoms. The number of pyridine rings is 2. The number of carbonyl (C=O) groups is 2. The van der Waals surface area contributed by atoms with Crippen molar-refractivity contribution in [1.82, 2.24) is 9.55 Å². The second-order valence-corrected chi connectivity index (χ2v) is 4.58. The monoisotopic (exact) mass is 321 g/mol. The van der Waals surface area contributed by atoms with E-state index in [0.29, 0.717) is 5.69 Å². The maximum Gasteiger partial charge on any atom is 0.326 e. The molecule has 0 saturated carbocycles. The van der Waals surface area contributed by atoms with Crippen LogP contribution >= 0.6 is 11.6 Å². The Labute approximate surface area is 130 Å². The van der Waals surface area contributed by atoms with Gasteiger partial charge in [0.1, 0.15) is 6.54 Å². The van der Waals surface area contributed by atoms with Gasteiger partial charge in [0, 0.05) is 18.5 Å². The van der Waals surface area contributed by atoms with Crippen LogP contribution < -0.4 is 10.9 Å². The number of esters is 1. The van der Waals surface area contributed by atoms with Gasteiger partial charge in [0.2, 0.25) is 0 Å². The molecule has 114 valence electrons. The molecule has 0 aliphatic heterocycles. The third kappa shape index (κ3) is 4.42. The van der Waals surface area contributed by atoms with E-state index in [0.717, 1.165) is 0 Å². The van der Waals surface area contributed by atoms with Gasteiger partial charge >= 0.3 is 5.97 Å². The molecular formula is C14H12ClN3O4. The summed E-state index contributed by atoms with van der Waals surface area (Å²) in [7, 11) is 0. The lowest BCUT2D eigenvalue weighted by atomic mass is 10.4. The fourth-order valence-electron chi connectivity index (χ4n) is 1.59. The summed E-state index contributed by atoms with van der Waals surface area (Å²) in [4.78, 5) is 38.5. The molecule has 0 aliphatic rings. The number of anilines is 1. The molecule has 2 aromatic heterocycles. The highest BCUT2D eigenvalue weighted by atomic mass is 35.5. The molecule has 7 nitrogen and oxygen atoms in total. The lowest BCUT2D eigenvalue weighted by molar-refractivity contribution is -0.147. The van der Waals surface area contributed by atoms with Crippen LogP contribution in [-0.4, -0.2) is 28.0 Å². The summed E-state index contributed by atoms with van der Waals surface area (Å²) in [6.07, 6.45) is 2.94. The SMILES string of the molecule is O=C(COC(=O)Cn1ccccc1=O)Nc1cccnc1Cl. The first kappa shape index (κ1) is 15.7. The van der Waals surface area contributed by atoms with E-state index in [-0.39, 0.29) is 17.3 Å². The van der Waals surface area contributed by atoms with E-state index in [2.05, 4.69) is 10.3 Å². The third-order valence-electron chi connectivity index (χ3n) is 2.60. The van der Waals surface area contributed by atoms with Crippen molar-refractivity contribution < 1.29 is 14.3 Å². The summed E-state index contributed by atoms with van der Waals surface area (Å²) in [5.74, 6) is -1.25. The Morgan fingerprint density at radius 1 is 1.27 bits per heavy atom. The molecule has 0 unspecified atom stereocenters. The first-order valence-electron chi connectivity index (χ1n) is 6.28. The number of halogens is 1. The Morgan fingerprint density at radius 3 is 2.82 bits per heavy atom. The summed E-state index contributed by atoms with van der Waals surface area (Å²) in [5.41, 5.74) is -0.00413. The van der Waals surface area contributed by atoms with E-state index >= 15 is 0 Å². The molecule has 2 heterocycles. The molecule has 0 fully saturated rings. The summed E-state index contributed by atoms with van der Waals surface area (Å²) in [5, 5.41) is 2.60. The Kier molecular flexibility index (Phi) is 5.26. The van der Waals surface area contributed by atoms with Crippen LogP contribution in [0.4, 0.5) is 5.69 Å². The maximum atomic E-state index is 11.6. The van der Waals surface area contributed by atoms with Crippen LogP contribution in [0.2, 0.25) is 5.15 Å². The number of nitrogens with one attached hydrogen (secondary N) is 1. The smallest absolute Gasteiger partial charge is 0.326 e. The van der Waals surface area contributed by atoms with E-state index in [1.165, 1.54) is 23.0 Å². The zero-order valence-electron chi connectivity index (χ0n) is 11.4. The van der Waals surface area contributed by atoms with Crippen molar-refractivity contribution in [3.63, 3.8) is 0 Å². The Balaban J connectivity index is 1.84. The van der Waals surface area contributed by atoms with Gasteiger partial charge in [-0.1, -0.05) is 17.7 Å². The lowest BCUT2D eigenvalue weighted by Crippen LogP contribution is -2.27. The van der Waals surface area contributed by atoms with Gasteiger partial charge in [0.25, 0.3) is 11.5 Å². The van der Waals surface area contributed by atoms with Gasteiger partial charge in [0.15, 0.2) is 11.8 Å². The van der Waals surface area contributed by atoms with Crippen molar-refractivity contribution in [1.29, 1.82) is 0 Å². The fourth-order valence-corrected chi connectivity index (χ4v) is 1.75. The fraction of sp³-hybridized carbons (Fsp3) is 0.143. The second kappa shape index (κ2) is 7.37. The Bertz CT molecular complexity index is 745. The maximum absolute atomic E-state index is 11.6. The largest absolute Gasteiger partial charge is 0.454 e. The minimum absolute atomic E-state index is 0.137. The minimum atomic E-state index is -0.694. The predicted molar refractivity (Wildman–Crippen MR) is 79.5 cm³/mol. The topological polar surface area (TPSA) is 90.3 Å². The molecule has 1 amide bonds. The molecule has 0 aromatic carbocycles. The van der Waals surface area contributed by atoms with Gasteiger partial charge in [-0.2, -0.15) is 0 Å². The van der Waals surface area contributed by atoms with Crippen LogP contribution in [0.15, 0.2) is 47.5 Å². The zero-order valence-corrected chi connectivity index (χ0v) is 12.1. The van der Waals surface area contributed by atoms with Crippen LogP contribution in [0.25, 0.3) is 0 Å². The van der Waals surface area contributed by atoms with Crippen molar-refractivity contribution in [2.75, 3.05) is 11.9 Å². The van der Waals surface area contributed by atoms with Gasteiger partial charge in [0.05, 0.1) is 5.69 Å². The van der Waals surface area contributed by atoms with Crippen molar-refractivity contribution in [2.45, 2.75) is 6.54 Å². The normalized spacial score (nSPS) is 10.0. The Morgan fingerprint density at radius 2 is 2.09 bits per heavy atom. The van der Waals surface area contributed by atoms with Crippen LogP contribution in [-0.2, 0) is 20.9 Å². The first-order valence-corrected chi connectivity index (χ1v) is 6.65. The number of ether oxygens (including phenoxy) is 1. The van der Waals surface area contributed by atoms with Crippen molar-refractivity contribution >= 4 is 29.2 Å². The number of carbonyl (C=O) groups excluding carboxylic acids is 2. The predicted octanol–water partition coefficient (Wildman–Crippen LogP) is 1.08. The molecule has 0 atom stereocenters. The van der Waals surface area contributed by atoms with E-state index in [1.807, 2.05) is 0 Å². The first-order chi connectivity index (χ1) is 10.6. The molecule has 22 heavy (non-hydrogen) atoms. The molecule has 2 rings (SSSR count). The number of aromatic nitrogens is 2. The minimum Gasteiger partial charge on any atom is -0.454 e. The average Bonchev–Trinajstić information content (AvgIpc) is 2.50. The van der Waals surface area contributed by atoms with Gasteiger partial charge in [-0.05, 0) is 18.2 Å². The number of hydrogen-bond donors (Lipinski definition) is 1. The highest BCUT2D eigenvalue weighted by molar-refractivity contribution is 6.32. The standard InChI is InChI=1S/C14H12ClN3O4/c15-14-10(4-3-6-16-14)17-11(19)9-22-13(21)8-18-7-2-1-5-12(18)20/h1-7H,8-9H2,(H,17,19). The molecule has 0 spiro atoms. The van der Waals surface area contributed by atoms with E-state index in [1.54, 1.807) is 24.3 Å². The number of amides is 1. The van der Waals surface area contributed by atoms with Gasteiger partial charge in [-0.3, -0.25) is 14.4 Å². The van der Waals surface area contributed by atoms with Crippen LogP contribution in [0.1, 0.15) is 0 Å². The summed E-state index contributed by atoms with van der Waals surface area (Å²) < 4.78 is 5.98. The van der Waals surface area contributed by atoms with E-state index in [4.69, 9.17) is 16.3 Å². The van der Waals surface area contributed by atoms with Crippen molar-refractivity contribution in [2.24, 2.45) is 0 Å². The third-order valence-corrected chi connectivity index (χ3v) is 2.90. The highest BCUT2D eigenvalue weighted by Crippen LogP contribution is 2.16. The molecule has 1 N–H and O–H groups in total. The summed E-state index contributed by atoms with van der Waals surface area (Å²) in [6.45, 7) is -0.744. The quantitative estimate of drug-likeness (QED) is 0.657. The zero-order chi connectivity index (χ0) is 15.9. The molecule has 2 aromatic rings. The summed E-state index contributed by atoms with van der Waals surface area (Å²) in [6, 6.07) is 7.68. The van der Waals surface area contributed by atoms with E-state index in [9.17, 15) is 14.4 Å². The average molecular weight is 322 g/mol. The number of nitrogens with zero attached hydrogens (tertiary/aromatic N) is 2. The summed E-state index contributed by atoms with van der Waals surface area (Å²) >= 11 is 5.78.